The van der Waals surface area contributed by atoms with Crippen LogP contribution in [0.15, 0.2) is 48.5 Å². The first-order valence-corrected chi connectivity index (χ1v) is 9.48. The average Bonchev–Trinajstić information content (AvgIpc) is 3.17. The Kier molecular flexibility index (Phi) is 4.90. The maximum absolute atomic E-state index is 4.46. The molecule has 1 saturated heterocycles. The van der Waals surface area contributed by atoms with Gasteiger partial charge in [0.25, 0.3) is 0 Å². The van der Waals surface area contributed by atoms with Crippen LogP contribution in [-0.4, -0.2) is 44.0 Å². The van der Waals surface area contributed by atoms with Crippen molar-refractivity contribution >= 4 is 5.82 Å². The second-order valence-corrected chi connectivity index (χ2v) is 7.52. The third kappa shape index (κ3) is 4.01. The van der Waals surface area contributed by atoms with Crippen molar-refractivity contribution in [2.45, 2.75) is 33.4 Å². The summed E-state index contributed by atoms with van der Waals surface area (Å²) in [4.78, 5) is 2.50. The van der Waals surface area contributed by atoms with Crippen molar-refractivity contribution in [2.75, 3.05) is 18.4 Å². The molecule has 0 spiro atoms. The Morgan fingerprint density at radius 2 is 1.85 bits per heavy atom. The summed E-state index contributed by atoms with van der Waals surface area (Å²) in [5, 5.41) is 16.7. The van der Waals surface area contributed by atoms with Gasteiger partial charge in [0.1, 0.15) is 5.82 Å². The standard InChI is InChI=1S/C21H26N6/c1-15-12-26(13-18-7-5-4-6-8-18)14-19(15)22-20-9-10-21(24-23-20)27-17(3)11-16(2)25-27/h4-11,15,19H,12-14H2,1-3H3,(H,22,23). The molecule has 2 atom stereocenters. The molecule has 6 nitrogen and oxygen atoms in total. The van der Waals surface area contributed by atoms with Gasteiger partial charge in [-0.2, -0.15) is 5.10 Å². The lowest BCUT2D eigenvalue weighted by atomic mass is 10.1. The number of hydrogen-bond acceptors (Lipinski definition) is 5. The van der Waals surface area contributed by atoms with Gasteiger partial charge >= 0.3 is 0 Å². The fraction of sp³-hybridized carbons (Fsp3) is 0.381. The first-order valence-electron chi connectivity index (χ1n) is 9.48. The third-order valence-corrected chi connectivity index (χ3v) is 5.15. The molecule has 0 radical (unpaired) electrons. The molecule has 0 amide bonds. The maximum Gasteiger partial charge on any atom is 0.176 e. The largest absolute Gasteiger partial charge is 0.364 e. The molecule has 140 valence electrons. The number of hydrogen-bond donors (Lipinski definition) is 1. The van der Waals surface area contributed by atoms with Crippen LogP contribution >= 0.6 is 0 Å². The van der Waals surface area contributed by atoms with Gasteiger partial charge in [-0.1, -0.05) is 37.3 Å². The highest BCUT2D eigenvalue weighted by Crippen LogP contribution is 2.22. The van der Waals surface area contributed by atoms with Crippen molar-refractivity contribution in [1.82, 2.24) is 24.9 Å². The van der Waals surface area contributed by atoms with Gasteiger partial charge in [-0.15, -0.1) is 10.2 Å². The number of nitrogens with one attached hydrogen (secondary N) is 1. The van der Waals surface area contributed by atoms with E-state index in [1.165, 1.54) is 5.56 Å². The van der Waals surface area contributed by atoms with E-state index < -0.39 is 0 Å². The van der Waals surface area contributed by atoms with Crippen LogP contribution in [0.5, 0.6) is 0 Å². The van der Waals surface area contributed by atoms with Crippen LogP contribution in [-0.2, 0) is 6.54 Å². The van der Waals surface area contributed by atoms with Crippen molar-refractivity contribution in [1.29, 1.82) is 0 Å². The van der Waals surface area contributed by atoms with E-state index in [0.717, 1.165) is 42.7 Å². The monoisotopic (exact) mass is 362 g/mol. The Bertz CT molecular complexity index is 887. The molecule has 3 aromatic rings. The van der Waals surface area contributed by atoms with Crippen LogP contribution in [0.4, 0.5) is 5.82 Å². The normalized spacial score (nSPS) is 20.1. The average molecular weight is 362 g/mol. The smallest absolute Gasteiger partial charge is 0.176 e. The van der Waals surface area contributed by atoms with Crippen LogP contribution in [0, 0.1) is 19.8 Å². The summed E-state index contributed by atoms with van der Waals surface area (Å²) in [5.74, 6) is 2.13. The summed E-state index contributed by atoms with van der Waals surface area (Å²) < 4.78 is 1.83. The van der Waals surface area contributed by atoms with Gasteiger partial charge in [0.15, 0.2) is 5.82 Å². The number of likely N-dealkylation sites (tertiary alicyclic amines) is 1. The Morgan fingerprint density at radius 3 is 2.52 bits per heavy atom. The van der Waals surface area contributed by atoms with Gasteiger partial charge in [0, 0.05) is 31.4 Å². The van der Waals surface area contributed by atoms with E-state index in [2.05, 4.69) is 62.8 Å². The highest BCUT2D eigenvalue weighted by molar-refractivity contribution is 5.38. The molecule has 1 fully saturated rings. The van der Waals surface area contributed by atoms with Gasteiger partial charge < -0.3 is 5.32 Å². The Balaban J connectivity index is 1.39. The van der Waals surface area contributed by atoms with E-state index in [0.29, 0.717) is 12.0 Å². The maximum atomic E-state index is 4.46. The summed E-state index contributed by atoms with van der Waals surface area (Å²) in [6.45, 7) is 9.39. The van der Waals surface area contributed by atoms with Crippen molar-refractivity contribution in [3.05, 3.63) is 65.5 Å². The number of aromatic nitrogens is 4. The summed E-state index contributed by atoms with van der Waals surface area (Å²) in [6.07, 6.45) is 0. The third-order valence-electron chi connectivity index (χ3n) is 5.15. The van der Waals surface area contributed by atoms with Gasteiger partial charge in [-0.25, -0.2) is 4.68 Å². The minimum atomic E-state index is 0.377. The molecule has 2 unspecified atom stereocenters. The summed E-state index contributed by atoms with van der Waals surface area (Å²) in [6, 6.07) is 17.0. The van der Waals surface area contributed by atoms with Crippen LogP contribution < -0.4 is 5.32 Å². The van der Waals surface area contributed by atoms with Gasteiger partial charge in [-0.3, -0.25) is 4.90 Å². The molecule has 1 aliphatic heterocycles. The van der Waals surface area contributed by atoms with Crippen molar-refractivity contribution < 1.29 is 0 Å². The van der Waals surface area contributed by atoms with E-state index in [1.54, 1.807) is 0 Å². The molecule has 1 aromatic carbocycles. The van der Waals surface area contributed by atoms with Crippen LogP contribution in [0.1, 0.15) is 23.9 Å². The molecular weight excluding hydrogens is 336 g/mol. The highest BCUT2D eigenvalue weighted by Gasteiger charge is 2.29. The molecule has 0 bridgehead atoms. The summed E-state index contributed by atoms with van der Waals surface area (Å²) in [7, 11) is 0. The van der Waals surface area contributed by atoms with Crippen LogP contribution in [0.2, 0.25) is 0 Å². The molecule has 1 aliphatic rings. The van der Waals surface area contributed by atoms with Gasteiger partial charge in [-0.05, 0) is 43.5 Å². The van der Waals surface area contributed by atoms with Crippen LogP contribution in [0.25, 0.3) is 5.82 Å². The first kappa shape index (κ1) is 17.7. The Labute approximate surface area is 160 Å². The van der Waals surface area contributed by atoms with Gasteiger partial charge in [0.2, 0.25) is 0 Å². The second kappa shape index (κ2) is 7.48. The number of rotatable bonds is 5. The van der Waals surface area contributed by atoms with E-state index in [4.69, 9.17) is 0 Å². The number of anilines is 1. The zero-order valence-corrected chi connectivity index (χ0v) is 16.1. The van der Waals surface area contributed by atoms with Crippen molar-refractivity contribution in [2.24, 2.45) is 5.92 Å². The molecule has 27 heavy (non-hydrogen) atoms. The second-order valence-electron chi connectivity index (χ2n) is 7.52. The minimum Gasteiger partial charge on any atom is -0.364 e. The highest BCUT2D eigenvalue weighted by atomic mass is 15.4. The fourth-order valence-corrected chi connectivity index (χ4v) is 3.79. The molecule has 1 N–H and O–H groups in total. The number of benzene rings is 1. The number of nitrogens with zero attached hydrogens (tertiary/aromatic N) is 5. The van der Waals surface area contributed by atoms with E-state index >= 15 is 0 Å². The molecule has 4 rings (SSSR count). The predicted octanol–water partition coefficient (Wildman–Crippen LogP) is 3.21. The first-order chi connectivity index (χ1) is 13.1. The molecule has 0 aliphatic carbocycles. The Morgan fingerprint density at radius 1 is 1.04 bits per heavy atom. The predicted molar refractivity (Wildman–Crippen MR) is 107 cm³/mol. The van der Waals surface area contributed by atoms with E-state index in [9.17, 15) is 0 Å². The SMILES string of the molecule is Cc1cc(C)n(-c2ccc(NC3CN(Cc4ccccc4)CC3C)nn2)n1. The lowest BCUT2D eigenvalue weighted by molar-refractivity contribution is 0.319. The molecular formula is C21H26N6. The zero-order chi connectivity index (χ0) is 18.8. The Hall–Kier alpha value is -2.73. The van der Waals surface area contributed by atoms with Gasteiger partial charge in [0.05, 0.1) is 5.69 Å². The van der Waals surface area contributed by atoms with Crippen LogP contribution in [0.3, 0.4) is 0 Å². The summed E-state index contributed by atoms with van der Waals surface area (Å²) >= 11 is 0. The lowest BCUT2D eigenvalue weighted by Crippen LogP contribution is -2.28. The van der Waals surface area contributed by atoms with Crippen molar-refractivity contribution in [3.63, 3.8) is 0 Å². The fourth-order valence-electron chi connectivity index (χ4n) is 3.79. The van der Waals surface area contributed by atoms with E-state index in [1.807, 2.05) is 36.7 Å². The number of aryl methyl sites for hydroxylation is 2. The lowest BCUT2D eigenvalue weighted by Gasteiger charge is -2.17. The zero-order valence-electron chi connectivity index (χ0n) is 16.1. The quantitative estimate of drug-likeness (QED) is 0.755. The van der Waals surface area contributed by atoms with E-state index in [-0.39, 0.29) is 0 Å². The molecule has 6 heteroatoms. The molecule has 2 aromatic heterocycles. The molecule has 0 saturated carbocycles. The van der Waals surface area contributed by atoms with Crippen molar-refractivity contribution in [3.8, 4) is 5.82 Å². The summed E-state index contributed by atoms with van der Waals surface area (Å²) in [5.41, 5.74) is 3.40. The molecule has 3 heterocycles. The topological polar surface area (TPSA) is 58.9 Å². The minimum absolute atomic E-state index is 0.377.